The van der Waals surface area contributed by atoms with Gasteiger partial charge in [0.25, 0.3) is 5.91 Å². The van der Waals surface area contributed by atoms with Gasteiger partial charge in [0.05, 0.1) is 17.3 Å². The molecular weight excluding hydrogens is 360 g/mol. The minimum Gasteiger partial charge on any atom is -0.322 e. The molecule has 1 saturated heterocycles. The lowest BCUT2D eigenvalue weighted by molar-refractivity contribution is 0.102. The smallest absolute Gasteiger partial charge is 0.259 e. The molecule has 1 aromatic heterocycles. The first kappa shape index (κ1) is 19.3. The van der Waals surface area contributed by atoms with E-state index in [1.54, 1.807) is 6.20 Å². The van der Waals surface area contributed by atoms with Gasteiger partial charge in [-0.1, -0.05) is 48.5 Å². The lowest BCUT2D eigenvalue weighted by Gasteiger charge is -2.23. The number of hydrogen-bond donors (Lipinski definition) is 1. The standard InChI is InChI=1S/C24H26N4O/c1-18-21(24(29)27-20-11-6-3-7-12-20)17-25-23(26-18)22-13-8-15-28(22)16-14-19-9-4-2-5-10-19/h2-7,9-12,17,22H,8,13-16H2,1H3,(H,27,29)/t22-/m0/s1. The van der Waals surface area contributed by atoms with Crippen LogP contribution >= 0.6 is 0 Å². The number of nitrogens with zero attached hydrogens (tertiary/aromatic N) is 3. The van der Waals surface area contributed by atoms with Gasteiger partial charge in [0.2, 0.25) is 0 Å². The zero-order valence-corrected chi connectivity index (χ0v) is 16.7. The predicted octanol–water partition coefficient (Wildman–Crippen LogP) is 4.42. The van der Waals surface area contributed by atoms with Crippen molar-refractivity contribution in [2.24, 2.45) is 0 Å². The van der Waals surface area contributed by atoms with Gasteiger partial charge in [-0.2, -0.15) is 0 Å². The van der Waals surface area contributed by atoms with Gasteiger partial charge in [-0.25, -0.2) is 9.97 Å². The molecule has 0 unspecified atom stereocenters. The molecule has 148 valence electrons. The summed E-state index contributed by atoms with van der Waals surface area (Å²) in [6.07, 6.45) is 4.90. The molecule has 1 amide bonds. The van der Waals surface area contributed by atoms with Crippen molar-refractivity contribution in [1.82, 2.24) is 14.9 Å². The number of aromatic nitrogens is 2. The molecule has 1 aliphatic heterocycles. The molecule has 1 N–H and O–H groups in total. The lowest BCUT2D eigenvalue weighted by atomic mass is 10.1. The third-order valence-corrected chi connectivity index (χ3v) is 5.47. The molecular formula is C24H26N4O. The van der Waals surface area contributed by atoms with Gasteiger partial charge in [-0.3, -0.25) is 9.69 Å². The van der Waals surface area contributed by atoms with Crippen molar-refractivity contribution >= 4 is 11.6 Å². The molecule has 5 nitrogen and oxygen atoms in total. The van der Waals surface area contributed by atoms with Crippen LogP contribution in [-0.2, 0) is 6.42 Å². The van der Waals surface area contributed by atoms with Crippen molar-refractivity contribution in [3.8, 4) is 0 Å². The topological polar surface area (TPSA) is 58.1 Å². The zero-order valence-electron chi connectivity index (χ0n) is 16.7. The van der Waals surface area contributed by atoms with E-state index in [2.05, 4.69) is 39.5 Å². The van der Waals surface area contributed by atoms with Crippen molar-refractivity contribution in [1.29, 1.82) is 0 Å². The normalized spacial score (nSPS) is 16.7. The summed E-state index contributed by atoms with van der Waals surface area (Å²) < 4.78 is 0. The summed E-state index contributed by atoms with van der Waals surface area (Å²) in [4.78, 5) is 24.3. The van der Waals surface area contributed by atoms with E-state index in [0.717, 1.165) is 49.6 Å². The number of aryl methyl sites for hydroxylation is 1. The third-order valence-electron chi connectivity index (χ3n) is 5.47. The van der Waals surface area contributed by atoms with Gasteiger partial charge in [0.1, 0.15) is 5.82 Å². The highest BCUT2D eigenvalue weighted by Gasteiger charge is 2.28. The van der Waals surface area contributed by atoms with Crippen LogP contribution in [0.3, 0.4) is 0 Å². The van der Waals surface area contributed by atoms with E-state index < -0.39 is 0 Å². The number of likely N-dealkylation sites (tertiary alicyclic amines) is 1. The van der Waals surface area contributed by atoms with Crippen molar-refractivity contribution in [2.75, 3.05) is 18.4 Å². The van der Waals surface area contributed by atoms with E-state index in [-0.39, 0.29) is 11.9 Å². The Morgan fingerprint density at radius 2 is 1.83 bits per heavy atom. The van der Waals surface area contributed by atoms with E-state index in [0.29, 0.717) is 5.56 Å². The van der Waals surface area contributed by atoms with E-state index in [4.69, 9.17) is 4.98 Å². The molecule has 4 rings (SSSR count). The molecule has 5 heteroatoms. The predicted molar refractivity (Wildman–Crippen MR) is 115 cm³/mol. The molecule has 1 aliphatic rings. The Labute approximate surface area is 171 Å². The van der Waals surface area contributed by atoms with Crippen LogP contribution < -0.4 is 5.32 Å². The van der Waals surface area contributed by atoms with Crippen molar-refractivity contribution in [2.45, 2.75) is 32.2 Å². The van der Waals surface area contributed by atoms with Crippen LogP contribution in [0.15, 0.2) is 66.9 Å². The average molecular weight is 386 g/mol. The highest BCUT2D eigenvalue weighted by molar-refractivity contribution is 6.04. The Balaban J connectivity index is 1.44. The fraction of sp³-hybridized carbons (Fsp3) is 0.292. The number of para-hydroxylation sites is 1. The number of anilines is 1. The van der Waals surface area contributed by atoms with Crippen molar-refractivity contribution in [3.63, 3.8) is 0 Å². The summed E-state index contributed by atoms with van der Waals surface area (Å²) >= 11 is 0. The maximum Gasteiger partial charge on any atom is 0.259 e. The minimum atomic E-state index is -0.174. The second-order valence-electron chi connectivity index (χ2n) is 7.48. The maximum atomic E-state index is 12.6. The summed E-state index contributed by atoms with van der Waals surface area (Å²) in [6, 6.07) is 20.2. The molecule has 2 heterocycles. The van der Waals surface area contributed by atoms with Gasteiger partial charge in [-0.05, 0) is 50.4 Å². The summed E-state index contributed by atoms with van der Waals surface area (Å²) in [5.41, 5.74) is 3.36. The second-order valence-corrected chi connectivity index (χ2v) is 7.48. The Kier molecular flexibility index (Phi) is 5.96. The van der Waals surface area contributed by atoms with Crippen molar-refractivity contribution < 1.29 is 4.79 Å². The van der Waals surface area contributed by atoms with E-state index >= 15 is 0 Å². The first-order valence-electron chi connectivity index (χ1n) is 10.2. The molecule has 0 spiro atoms. The minimum absolute atomic E-state index is 0.174. The third kappa shape index (κ3) is 4.69. The molecule has 1 fully saturated rings. The SMILES string of the molecule is Cc1nc([C@@H]2CCCN2CCc2ccccc2)ncc1C(=O)Nc1ccccc1. The fourth-order valence-corrected chi connectivity index (χ4v) is 3.89. The Morgan fingerprint density at radius 1 is 1.10 bits per heavy atom. The molecule has 2 aromatic carbocycles. The van der Waals surface area contributed by atoms with E-state index in [1.165, 1.54) is 5.56 Å². The largest absolute Gasteiger partial charge is 0.322 e. The monoisotopic (exact) mass is 386 g/mol. The molecule has 29 heavy (non-hydrogen) atoms. The summed E-state index contributed by atoms with van der Waals surface area (Å²) in [6.45, 7) is 3.94. The molecule has 0 bridgehead atoms. The van der Waals surface area contributed by atoms with Crippen LogP contribution in [0.2, 0.25) is 0 Å². The fourth-order valence-electron chi connectivity index (χ4n) is 3.89. The number of amides is 1. The van der Waals surface area contributed by atoms with Gasteiger partial charge < -0.3 is 5.32 Å². The second kappa shape index (κ2) is 8.97. The van der Waals surface area contributed by atoms with Gasteiger partial charge in [0, 0.05) is 18.4 Å². The van der Waals surface area contributed by atoms with E-state index in [1.807, 2.05) is 43.3 Å². The van der Waals surface area contributed by atoms with E-state index in [9.17, 15) is 4.79 Å². The Morgan fingerprint density at radius 3 is 2.55 bits per heavy atom. The zero-order chi connectivity index (χ0) is 20.1. The number of rotatable bonds is 6. The summed E-state index contributed by atoms with van der Waals surface area (Å²) in [5.74, 6) is 0.650. The molecule has 0 radical (unpaired) electrons. The quantitative estimate of drug-likeness (QED) is 0.681. The first-order chi connectivity index (χ1) is 14.2. The number of hydrogen-bond acceptors (Lipinski definition) is 4. The number of carbonyl (C=O) groups excluding carboxylic acids is 1. The van der Waals surface area contributed by atoms with Gasteiger partial charge >= 0.3 is 0 Å². The Hall–Kier alpha value is -3.05. The lowest BCUT2D eigenvalue weighted by Crippen LogP contribution is -2.27. The number of nitrogens with one attached hydrogen (secondary N) is 1. The summed E-state index contributed by atoms with van der Waals surface area (Å²) in [5, 5.41) is 2.91. The van der Waals surface area contributed by atoms with Crippen LogP contribution in [0.25, 0.3) is 0 Å². The maximum absolute atomic E-state index is 12.6. The van der Waals surface area contributed by atoms with Crippen LogP contribution in [-0.4, -0.2) is 33.9 Å². The van der Waals surface area contributed by atoms with Crippen LogP contribution in [0.1, 0.15) is 46.3 Å². The molecule has 0 aliphatic carbocycles. The van der Waals surface area contributed by atoms with Crippen LogP contribution in [0.4, 0.5) is 5.69 Å². The first-order valence-corrected chi connectivity index (χ1v) is 10.2. The highest BCUT2D eigenvalue weighted by atomic mass is 16.1. The number of benzene rings is 2. The average Bonchev–Trinajstić information content (AvgIpc) is 3.22. The molecule has 0 saturated carbocycles. The van der Waals surface area contributed by atoms with Crippen LogP contribution in [0, 0.1) is 6.92 Å². The van der Waals surface area contributed by atoms with Crippen LogP contribution in [0.5, 0.6) is 0 Å². The number of carbonyl (C=O) groups is 1. The highest BCUT2D eigenvalue weighted by Crippen LogP contribution is 2.30. The van der Waals surface area contributed by atoms with Crippen molar-refractivity contribution in [3.05, 3.63) is 89.5 Å². The summed E-state index contributed by atoms with van der Waals surface area (Å²) in [7, 11) is 0. The molecule has 1 atom stereocenters. The van der Waals surface area contributed by atoms with Gasteiger partial charge in [0.15, 0.2) is 0 Å². The van der Waals surface area contributed by atoms with Gasteiger partial charge in [-0.15, -0.1) is 0 Å². The molecule has 3 aromatic rings. The Bertz CT molecular complexity index is 959.